The number of likely N-dealkylation sites (N-methyl/N-ethyl adjacent to an activating group) is 1. The van der Waals surface area contributed by atoms with Crippen LogP contribution in [0.5, 0.6) is 11.5 Å². The van der Waals surface area contributed by atoms with Gasteiger partial charge in [0.15, 0.2) is 11.5 Å². The average Bonchev–Trinajstić information content (AvgIpc) is 3.63. The minimum Gasteiger partial charge on any atom is -0.504 e. The second-order valence-corrected chi connectivity index (χ2v) is 13.3. The molecule has 0 aromatic heterocycles. The molecule has 2 N–H and O–H groups in total. The molecule has 3 aliphatic carbocycles. The molecule has 2 saturated carbocycles. The van der Waals surface area contributed by atoms with Crippen molar-refractivity contribution in [3.63, 3.8) is 0 Å². The summed E-state index contributed by atoms with van der Waals surface area (Å²) in [6.07, 6.45) is 4.95. The van der Waals surface area contributed by atoms with Crippen molar-refractivity contribution in [1.82, 2.24) is 9.80 Å². The summed E-state index contributed by atoms with van der Waals surface area (Å²) in [5.74, 6) is 1.30. The molecule has 5 atom stereocenters. The van der Waals surface area contributed by atoms with Crippen LogP contribution < -0.4 is 4.74 Å². The highest BCUT2D eigenvalue weighted by atomic mass is 35.5. The van der Waals surface area contributed by atoms with Gasteiger partial charge in [0.05, 0.1) is 33.0 Å². The third-order valence-electron chi connectivity index (χ3n) is 10.6. The van der Waals surface area contributed by atoms with Crippen molar-refractivity contribution in [1.29, 1.82) is 0 Å². The molecule has 2 heterocycles. The van der Waals surface area contributed by atoms with Gasteiger partial charge in [0, 0.05) is 25.2 Å². The first-order chi connectivity index (χ1) is 18.1. The van der Waals surface area contributed by atoms with Gasteiger partial charge in [0.25, 0.3) is 0 Å². The Labute approximate surface area is 233 Å². The van der Waals surface area contributed by atoms with Gasteiger partial charge in [0.2, 0.25) is 5.91 Å². The molecule has 1 spiro atoms. The van der Waals surface area contributed by atoms with E-state index in [1.807, 2.05) is 24.1 Å². The number of halogens is 2. The Kier molecular flexibility index (Phi) is 5.44. The first-order valence-corrected chi connectivity index (χ1v) is 14.5. The van der Waals surface area contributed by atoms with Crippen LogP contribution in [0.25, 0.3) is 0 Å². The summed E-state index contributed by atoms with van der Waals surface area (Å²) in [4.78, 5) is 18.0. The first-order valence-electron chi connectivity index (χ1n) is 13.8. The SMILES string of the molecule is CN(C(=O)Cc1ccc(Cl)c(Cl)c1)[C@]1(C)CC[C@@]2(O)[C@H]3Cc4ccc(O)c5c4[C@@]2(CCN3CC2CC2)[C@H]1O5. The lowest BCUT2D eigenvalue weighted by Crippen LogP contribution is -2.80. The topological polar surface area (TPSA) is 73.2 Å². The van der Waals surface area contributed by atoms with Gasteiger partial charge in [-0.1, -0.05) is 35.3 Å². The largest absolute Gasteiger partial charge is 0.504 e. The highest BCUT2D eigenvalue weighted by Crippen LogP contribution is 2.67. The number of amides is 1. The number of hydrogen-bond acceptors (Lipinski definition) is 5. The number of benzene rings is 2. The Bertz CT molecular complexity index is 1350. The zero-order valence-corrected chi connectivity index (χ0v) is 23.4. The molecule has 1 amide bonds. The quantitative estimate of drug-likeness (QED) is 0.557. The smallest absolute Gasteiger partial charge is 0.227 e. The van der Waals surface area contributed by atoms with E-state index >= 15 is 0 Å². The molecule has 0 radical (unpaired) electrons. The van der Waals surface area contributed by atoms with E-state index in [1.165, 1.54) is 12.8 Å². The number of aliphatic hydroxyl groups is 1. The van der Waals surface area contributed by atoms with E-state index in [4.69, 9.17) is 27.9 Å². The first kappa shape index (κ1) is 25.0. The summed E-state index contributed by atoms with van der Waals surface area (Å²) in [5.41, 5.74) is 0.595. The maximum Gasteiger partial charge on any atom is 0.227 e. The van der Waals surface area contributed by atoms with Crippen LogP contribution in [0.4, 0.5) is 0 Å². The number of hydrogen-bond donors (Lipinski definition) is 2. The maximum absolute atomic E-state index is 13.7. The number of phenols is 1. The second kappa shape index (κ2) is 8.26. The Morgan fingerprint density at radius 3 is 2.68 bits per heavy atom. The van der Waals surface area contributed by atoms with E-state index in [9.17, 15) is 15.0 Å². The predicted octanol–water partition coefficient (Wildman–Crippen LogP) is 4.72. The Morgan fingerprint density at radius 2 is 1.95 bits per heavy atom. The molecule has 2 aromatic rings. The summed E-state index contributed by atoms with van der Waals surface area (Å²) in [6.45, 7) is 4.00. The number of ether oxygens (including phenoxy) is 1. The lowest BCUT2D eigenvalue weighted by molar-refractivity contribution is -0.216. The Balaban J connectivity index is 1.28. The molecule has 2 aromatic carbocycles. The zero-order valence-electron chi connectivity index (χ0n) is 21.8. The molecular weight excluding hydrogens is 523 g/mol. The summed E-state index contributed by atoms with van der Waals surface area (Å²) in [6, 6.07) is 9.03. The van der Waals surface area contributed by atoms with E-state index in [0.717, 1.165) is 48.5 Å². The summed E-state index contributed by atoms with van der Waals surface area (Å²) in [7, 11) is 1.84. The van der Waals surface area contributed by atoms with Gasteiger partial charge in [-0.2, -0.15) is 0 Å². The third kappa shape index (κ3) is 3.24. The van der Waals surface area contributed by atoms with E-state index < -0.39 is 22.7 Å². The van der Waals surface area contributed by atoms with E-state index in [1.54, 1.807) is 18.2 Å². The van der Waals surface area contributed by atoms with E-state index in [2.05, 4.69) is 11.8 Å². The van der Waals surface area contributed by atoms with Gasteiger partial charge in [0.1, 0.15) is 6.10 Å². The van der Waals surface area contributed by atoms with Crippen molar-refractivity contribution in [2.45, 2.75) is 80.6 Å². The summed E-state index contributed by atoms with van der Waals surface area (Å²) in [5, 5.41) is 24.5. The molecule has 202 valence electrons. The molecule has 8 heteroatoms. The van der Waals surface area contributed by atoms with Crippen molar-refractivity contribution in [3.8, 4) is 11.5 Å². The van der Waals surface area contributed by atoms with E-state index in [0.29, 0.717) is 28.6 Å². The fourth-order valence-corrected chi connectivity index (χ4v) is 8.60. The number of phenolic OH excluding ortho intramolecular Hbond substituents is 1. The highest BCUT2D eigenvalue weighted by molar-refractivity contribution is 6.42. The third-order valence-corrected chi connectivity index (χ3v) is 11.3. The van der Waals surface area contributed by atoms with Crippen LogP contribution in [0.1, 0.15) is 55.7 Å². The van der Waals surface area contributed by atoms with Gasteiger partial charge >= 0.3 is 0 Å². The normalized spacial score (nSPS) is 35.0. The van der Waals surface area contributed by atoms with Crippen molar-refractivity contribution in [2.24, 2.45) is 5.92 Å². The molecule has 6 nitrogen and oxygen atoms in total. The molecule has 7 rings (SSSR count). The van der Waals surface area contributed by atoms with Crippen molar-refractivity contribution in [3.05, 3.63) is 57.1 Å². The zero-order chi connectivity index (χ0) is 26.6. The molecule has 5 aliphatic rings. The number of rotatable bonds is 5. The van der Waals surface area contributed by atoms with Crippen LogP contribution >= 0.6 is 23.2 Å². The van der Waals surface area contributed by atoms with Crippen LogP contribution in [0.3, 0.4) is 0 Å². The molecule has 2 aliphatic heterocycles. The number of carbonyl (C=O) groups excluding carboxylic acids is 1. The lowest BCUT2D eigenvalue weighted by atomic mass is 9.46. The van der Waals surface area contributed by atoms with E-state index in [-0.39, 0.29) is 24.1 Å². The van der Waals surface area contributed by atoms with Crippen molar-refractivity contribution in [2.75, 3.05) is 20.1 Å². The average molecular weight is 558 g/mol. The molecule has 2 bridgehead atoms. The Morgan fingerprint density at radius 1 is 1.16 bits per heavy atom. The van der Waals surface area contributed by atoms with Gasteiger partial charge in [-0.15, -0.1) is 0 Å². The van der Waals surface area contributed by atoms with Gasteiger partial charge < -0.3 is 19.8 Å². The summed E-state index contributed by atoms with van der Waals surface area (Å²) >= 11 is 12.3. The van der Waals surface area contributed by atoms with Crippen LogP contribution in [-0.4, -0.2) is 69.3 Å². The van der Waals surface area contributed by atoms with Crippen molar-refractivity contribution >= 4 is 29.1 Å². The standard InChI is InChI=1S/C30H34Cl2N2O4/c1-28(33(2)24(36)14-18-5-7-20(31)21(32)13-18)9-10-30(37)23-15-19-6-8-22(35)26-25(19)29(30,27(28)38-26)11-12-34(23)16-17-3-4-17/h5-8,13,17,23,27,35,37H,3-4,9-12,14-16H2,1-2H3/t23-,27+,28-,29+,30-/m1/s1. The molecule has 0 unspecified atom stereocenters. The number of likely N-dealkylation sites (tertiary alicyclic amines) is 1. The number of piperidine rings is 1. The molecule has 3 fully saturated rings. The minimum absolute atomic E-state index is 0.00714. The summed E-state index contributed by atoms with van der Waals surface area (Å²) < 4.78 is 6.71. The molecule has 38 heavy (non-hydrogen) atoms. The maximum atomic E-state index is 13.7. The highest BCUT2D eigenvalue weighted by Gasteiger charge is 2.75. The van der Waals surface area contributed by atoms with Crippen molar-refractivity contribution < 1.29 is 19.7 Å². The number of nitrogens with zero attached hydrogens (tertiary/aromatic N) is 2. The fraction of sp³-hybridized carbons (Fsp3) is 0.567. The van der Waals surface area contributed by atoms with Crippen LogP contribution in [0, 0.1) is 5.92 Å². The second-order valence-electron chi connectivity index (χ2n) is 12.5. The molecular formula is C30H34Cl2N2O4. The molecule has 1 saturated heterocycles. The van der Waals surface area contributed by atoms with Crippen LogP contribution in [0.2, 0.25) is 10.0 Å². The van der Waals surface area contributed by atoms with Gasteiger partial charge in [-0.25, -0.2) is 0 Å². The predicted molar refractivity (Wildman–Crippen MR) is 146 cm³/mol. The number of carbonyl (C=O) groups is 1. The van der Waals surface area contributed by atoms with Crippen LogP contribution in [-0.2, 0) is 23.1 Å². The monoisotopic (exact) mass is 556 g/mol. The fourth-order valence-electron chi connectivity index (χ4n) is 8.28. The van der Waals surface area contributed by atoms with Gasteiger partial charge in [-0.3, -0.25) is 9.69 Å². The van der Waals surface area contributed by atoms with Gasteiger partial charge in [-0.05, 0) is 87.2 Å². The number of aromatic hydroxyl groups is 1. The Hall–Kier alpha value is -1.99. The lowest BCUT2D eigenvalue weighted by Gasteiger charge is -2.67. The minimum atomic E-state index is -0.982. The van der Waals surface area contributed by atoms with Crippen LogP contribution in [0.15, 0.2) is 30.3 Å².